The van der Waals surface area contributed by atoms with Gasteiger partial charge in [0.2, 0.25) is 0 Å². The highest BCUT2D eigenvalue weighted by molar-refractivity contribution is 5.99. The van der Waals surface area contributed by atoms with Gasteiger partial charge in [-0.15, -0.1) is 0 Å². The van der Waals surface area contributed by atoms with E-state index in [1.54, 1.807) is 26.4 Å². The summed E-state index contributed by atoms with van der Waals surface area (Å²) in [6.07, 6.45) is 6.00. The van der Waals surface area contributed by atoms with Gasteiger partial charge in [-0.2, -0.15) is 0 Å². The van der Waals surface area contributed by atoms with E-state index in [-0.39, 0.29) is 11.9 Å². The van der Waals surface area contributed by atoms with Crippen LogP contribution in [0.25, 0.3) is 0 Å². The summed E-state index contributed by atoms with van der Waals surface area (Å²) in [7, 11) is 5.32. The molecule has 4 rings (SSSR count). The van der Waals surface area contributed by atoms with Crippen molar-refractivity contribution in [3.05, 3.63) is 53.1 Å². The lowest BCUT2D eigenvalue weighted by molar-refractivity contribution is 0.0918. The number of carbonyl (C=O) groups is 1. The molecule has 0 aliphatic carbocycles. The summed E-state index contributed by atoms with van der Waals surface area (Å²) in [5.74, 6) is 0.875. The molecule has 0 unspecified atom stereocenters. The van der Waals surface area contributed by atoms with Gasteiger partial charge in [0.15, 0.2) is 0 Å². The number of hydrogen-bond acceptors (Lipinski definition) is 5. The molecule has 1 saturated heterocycles. The lowest BCUT2D eigenvalue weighted by Gasteiger charge is -2.36. The van der Waals surface area contributed by atoms with Crippen molar-refractivity contribution in [3.8, 4) is 11.5 Å². The van der Waals surface area contributed by atoms with Crippen LogP contribution in [0.5, 0.6) is 11.5 Å². The first-order valence-electron chi connectivity index (χ1n) is 11.7. The fraction of sp³-hybridized carbons (Fsp3) is 0.500. The number of aryl methyl sites for hydroxylation is 1. The smallest absolute Gasteiger partial charge is 0.258 e. The Labute approximate surface area is 191 Å². The van der Waals surface area contributed by atoms with Gasteiger partial charge in [-0.1, -0.05) is 24.6 Å². The Hall–Kier alpha value is -2.73. The molecule has 2 aromatic rings. The van der Waals surface area contributed by atoms with Crippen molar-refractivity contribution in [2.24, 2.45) is 0 Å². The number of likely N-dealkylation sites (tertiary alicyclic amines) is 1. The van der Waals surface area contributed by atoms with Gasteiger partial charge >= 0.3 is 0 Å². The van der Waals surface area contributed by atoms with Crippen LogP contribution in [0.1, 0.15) is 53.2 Å². The number of hydrogen-bond donors (Lipinski definition) is 1. The lowest BCUT2D eigenvalue weighted by atomic mass is 9.95. The number of methoxy groups -OCH3 is 2. The van der Waals surface area contributed by atoms with Crippen molar-refractivity contribution >= 4 is 11.6 Å². The molecule has 1 fully saturated rings. The van der Waals surface area contributed by atoms with Gasteiger partial charge in [0.05, 0.1) is 20.3 Å². The molecule has 2 aromatic carbocycles. The van der Waals surface area contributed by atoms with Crippen molar-refractivity contribution in [1.82, 2.24) is 10.2 Å². The summed E-state index contributed by atoms with van der Waals surface area (Å²) >= 11 is 0. The van der Waals surface area contributed by atoms with Crippen LogP contribution in [0.3, 0.4) is 0 Å². The zero-order valence-corrected chi connectivity index (χ0v) is 19.5. The lowest BCUT2D eigenvalue weighted by Crippen LogP contribution is -2.41. The number of benzene rings is 2. The summed E-state index contributed by atoms with van der Waals surface area (Å²) in [5, 5.41) is 3.18. The predicted molar refractivity (Wildman–Crippen MR) is 128 cm³/mol. The SMILES string of the molecule is COc1cccc(OC)c1C(=O)NC[C@H](c1ccc2c(c1)CCCN2C)N1CCCCC1. The van der Waals surface area contributed by atoms with Gasteiger partial charge in [-0.05, 0) is 68.1 Å². The molecule has 1 atom stereocenters. The molecule has 0 radical (unpaired) electrons. The average Bonchev–Trinajstić information content (AvgIpc) is 2.84. The first-order valence-corrected chi connectivity index (χ1v) is 11.7. The number of nitrogens with zero attached hydrogens (tertiary/aromatic N) is 2. The Morgan fingerprint density at radius 1 is 1.00 bits per heavy atom. The summed E-state index contributed by atoms with van der Waals surface area (Å²) in [6.45, 7) is 3.79. The van der Waals surface area contributed by atoms with E-state index >= 15 is 0 Å². The van der Waals surface area contributed by atoms with Crippen LogP contribution in [0.2, 0.25) is 0 Å². The zero-order valence-electron chi connectivity index (χ0n) is 19.5. The molecule has 2 aliphatic rings. The molecule has 172 valence electrons. The Kier molecular flexibility index (Phi) is 7.20. The van der Waals surface area contributed by atoms with Gasteiger partial charge in [-0.25, -0.2) is 0 Å². The Morgan fingerprint density at radius 2 is 1.72 bits per heavy atom. The summed E-state index contributed by atoms with van der Waals surface area (Å²) in [5.41, 5.74) is 4.48. The van der Waals surface area contributed by atoms with E-state index in [1.165, 1.54) is 42.5 Å². The number of fused-ring (bicyclic) bond motifs is 1. The molecule has 0 bridgehead atoms. The summed E-state index contributed by atoms with van der Waals surface area (Å²) in [6, 6.07) is 12.4. The Balaban J connectivity index is 1.58. The van der Waals surface area contributed by atoms with Crippen molar-refractivity contribution in [2.45, 2.75) is 38.1 Å². The Morgan fingerprint density at radius 3 is 2.41 bits per heavy atom. The third kappa shape index (κ3) is 4.70. The second-order valence-corrected chi connectivity index (χ2v) is 8.77. The van der Waals surface area contributed by atoms with Gasteiger partial charge < -0.3 is 19.7 Å². The maximum Gasteiger partial charge on any atom is 0.258 e. The van der Waals surface area contributed by atoms with Crippen molar-refractivity contribution < 1.29 is 14.3 Å². The highest BCUT2D eigenvalue weighted by atomic mass is 16.5. The zero-order chi connectivity index (χ0) is 22.5. The molecule has 1 N–H and O–H groups in total. The molecule has 1 amide bonds. The number of carbonyl (C=O) groups excluding carboxylic acids is 1. The van der Waals surface area contributed by atoms with Crippen LogP contribution < -0.4 is 19.7 Å². The van der Waals surface area contributed by atoms with E-state index in [0.717, 1.165) is 26.1 Å². The minimum absolute atomic E-state index is 0.150. The molecule has 0 aromatic heterocycles. The Bertz CT molecular complexity index is 918. The van der Waals surface area contributed by atoms with E-state index in [4.69, 9.17) is 9.47 Å². The number of piperidine rings is 1. The molecular weight excluding hydrogens is 402 g/mol. The fourth-order valence-electron chi connectivity index (χ4n) is 5.05. The first-order chi connectivity index (χ1) is 15.6. The second kappa shape index (κ2) is 10.3. The van der Waals surface area contributed by atoms with Gasteiger partial charge in [0.1, 0.15) is 17.1 Å². The van der Waals surface area contributed by atoms with E-state index < -0.39 is 0 Å². The molecule has 32 heavy (non-hydrogen) atoms. The molecule has 2 aliphatic heterocycles. The molecule has 6 nitrogen and oxygen atoms in total. The van der Waals surface area contributed by atoms with E-state index in [0.29, 0.717) is 23.6 Å². The van der Waals surface area contributed by atoms with Crippen LogP contribution in [0.15, 0.2) is 36.4 Å². The highest BCUT2D eigenvalue weighted by Gasteiger charge is 2.26. The van der Waals surface area contributed by atoms with Crippen molar-refractivity contribution in [3.63, 3.8) is 0 Å². The maximum absolute atomic E-state index is 13.2. The first kappa shape index (κ1) is 22.5. The molecule has 6 heteroatoms. The molecule has 2 heterocycles. The highest BCUT2D eigenvalue weighted by Crippen LogP contribution is 2.32. The minimum atomic E-state index is -0.168. The molecule has 0 spiro atoms. The largest absolute Gasteiger partial charge is 0.496 e. The quantitative estimate of drug-likeness (QED) is 0.708. The van der Waals surface area contributed by atoms with Crippen LogP contribution in [-0.2, 0) is 6.42 Å². The topological polar surface area (TPSA) is 54.0 Å². The minimum Gasteiger partial charge on any atom is -0.496 e. The van der Waals surface area contributed by atoms with Gasteiger partial charge in [0.25, 0.3) is 5.91 Å². The second-order valence-electron chi connectivity index (χ2n) is 8.77. The fourth-order valence-corrected chi connectivity index (χ4v) is 5.05. The summed E-state index contributed by atoms with van der Waals surface area (Å²) < 4.78 is 10.9. The van der Waals surface area contributed by atoms with Crippen LogP contribution in [0.4, 0.5) is 5.69 Å². The predicted octanol–water partition coefficient (Wildman–Crippen LogP) is 4.04. The number of rotatable bonds is 7. The normalized spacial score (nSPS) is 17.4. The maximum atomic E-state index is 13.2. The van der Waals surface area contributed by atoms with E-state index in [9.17, 15) is 4.79 Å². The standard InChI is InChI=1S/C26H35N3O3/c1-28-14-8-9-19-17-20(12-13-21(19)28)22(29-15-5-4-6-16-29)18-27-26(30)25-23(31-2)10-7-11-24(25)32-3/h7,10-13,17,22H,4-6,8-9,14-16,18H2,1-3H3,(H,27,30)/t22-/m1/s1. The number of anilines is 1. The number of nitrogens with one attached hydrogen (secondary N) is 1. The third-order valence-corrected chi connectivity index (χ3v) is 6.78. The van der Waals surface area contributed by atoms with E-state index in [1.807, 2.05) is 6.07 Å². The van der Waals surface area contributed by atoms with Gasteiger partial charge in [0, 0.05) is 25.8 Å². The summed E-state index contributed by atoms with van der Waals surface area (Å²) in [4.78, 5) is 18.1. The van der Waals surface area contributed by atoms with Crippen LogP contribution in [0, 0.1) is 0 Å². The number of amides is 1. The average molecular weight is 438 g/mol. The molecule has 0 saturated carbocycles. The van der Waals surface area contributed by atoms with Crippen molar-refractivity contribution in [2.75, 3.05) is 52.3 Å². The molecular formula is C26H35N3O3. The van der Waals surface area contributed by atoms with E-state index in [2.05, 4.69) is 40.4 Å². The number of ether oxygens (including phenoxy) is 2. The van der Waals surface area contributed by atoms with Crippen molar-refractivity contribution in [1.29, 1.82) is 0 Å². The van der Waals surface area contributed by atoms with Crippen LogP contribution >= 0.6 is 0 Å². The monoisotopic (exact) mass is 437 g/mol. The van der Waals surface area contributed by atoms with Gasteiger partial charge in [-0.3, -0.25) is 9.69 Å². The third-order valence-electron chi connectivity index (χ3n) is 6.78. The van der Waals surface area contributed by atoms with Crippen LogP contribution in [-0.4, -0.2) is 58.3 Å².